The lowest BCUT2D eigenvalue weighted by Crippen LogP contribution is -2.49. The number of piperazine rings is 1. The summed E-state index contributed by atoms with van der Waals surface area (Å²) in [6.45, 7) is 12.1. The maximum atomic E-state index is 6.43. The lowest BCUT2D eigenvalue weighted by molar-refractivity contribution is 0.115. The first-order chi connectivity index (χ1) is 8.57. The highest BCUT2D eigenvalue weighted by molar-refractivity contribution is 4.90. The largest absolute Gasteiger partial charge is 0.325 e. The van der Waals surface area contributed by atoms with Crippen LogP contribution in [0.1, 0.15) is 46.0 Å². The van der Waals surface area contributed by atoms with Gasteiger partial charge in [0.05, 0.1) is 0 Å². The molecule has 2 fully saturated rings. The SMILES string of the molecule is CC(C)CN1CCN(CCC2(N)CCCC2)CC1. The van der Waals surface area contributed by atoms with Crippen LogP contribution in [0.4, 0.5) is 0 Å². The Bertz CT molecular complexity index is 238. The van der Waals surface area contributed by atoms with Crippen molar-refractivity contribution in [3.05, 3.63) is 0 Å². The van der Waals surface area contributed by atoms with Gasteiger partial charge in [0.15, 0.2) is 0 Å². The predicted molar refractivity (Wildman–Crippen MR) is 77.7 cm³/mol. The Kier molecular flexibility index (Phi) is 5.05. The summed E-state index contributed by atoms with van der Waals surface area (Å²) in [4.78, 5) is 5.22. The maximum Gasteiger partial charge on any atom is 0.0166 e. The Morgan fingerprint density at radius 2 is 1.56 bits per heavy atom. The first kappa shape index (κ1) is 14.3. The van der Waals surface area contributed by atoms with E-state index in [0.717, 1.165) is 5.92 Å². The average molecular weight is 253 g/mol. The predicted octanol–water partition coefficient (Wildman–Crippen LogP) is 1.92. The van der Waals surface area contributed by atoms with Crippen molar-refractivity contribution in [2.45, 2.75) is 51.5 Å². The summed E-state index contributed by atoms with van der Waals surface area (Å²) in [6.07, 6.45) is 6.40. The topological polar surface area (TPSA) is 32.5 Å². The minimum atomic E-state index is 0.176. The highest BCUT2D eigenvalue weighted by Gasteiger charge is 2.29. The van der Waals surface area contributed by atoms with Crippen LogP contribution >= 0.6 is 0 Å². The third kappa shape index (κ3) is 4.22. The summed E-state index contributed by atoms with van der Waals surface area (Å²) in [7, 11) is 0. The van der Waals surface area contributed by atoms with Crippen LogP contribution in [-0.4, -0.2) is 54.6 Å². The average Bonchev–Trinajstić information content (AvgIpc) is 2.75. The van der Waals surface area contributed by atoms with E-state index in [1.54, 1.807) is 0 Å². The highest BCUT2D eigenvalue weighted by atomic mass is 15.3. The van der Waals surface area contributed by atoms with Crippen molar-refractivity contribution in [1.82, 2.24) is 9.80 Å². The minimum Gasteiger partial charge on any atom is -0.325 e. The molecule has 0 aromatic carbocycles. The fourth-order valence-electron chi connectivity index (χ4n) is 3.42. The van der Waals surface area contributed by atoms with E-state index >= 15 is 0 Å². The standard InChI is InChI=1S/C15H31N3/c1-14(2)13-18-11-9-17(10-12-18)8-7-15(16)5-3-4-6-15/h14H,3-13,16H2,1-2H3. The zero-order valence-corrected chi connectivity index (χ0v) is 12.3. The van der Waals surface area contributed by atoms with Crippen molar-refractivity contribution in [3.63, 3.8) is 0 Å². The summed E-state index contributed by atoms with van der Waals surface area (Å²) < 4.78 is 0. The van der Waals surface area contributed by atoms with Crippen LogP contribution in [0.2, 0.25) is 0 Å². The van der Waals surface area contributed by atoms with Gasteiger partial charge in [0.2, 0.25) is 0 Å². The molecule has 0 aromatic heterocycles. The van der Waals surface area contributed by atoms with Crippen molar-refractivity contribution >= 4 is 0 Å². The highest BCUT2D eigenvalue weighted by Crippen LogP contribution is 2.30. The molecule has 18 heavy (non-hydrogen) atoms. The molecule has 1 saturated heterocycles. The van der Waals surface area contributed by atoms with E-state index in [0.29, 0.717) is 0 Å². The normalized spacial score (nSPS) is 26.0. The molecule has 0 bridgehead atoms. The van der Waals surface area contributed by atoms with Gasteiger partial charge in [-0.1, -0.05) is 26.7 Å². The maximum absolute atomic E-state index is 6.43. The summed E-state index contributed by atoms with van der Waals surface area (Å²) in [5, 5.41) is 0. The molecule has 0 amide bonds. The third-order valence-electron chi connectivity index (χ3n) is 4.61. The Balaban J connectivity index is 1.64. The molecule has 0 unspecified atom stereocenters. The molecule has 3 nitrogen and oxygen atoms in total. The van der Waals surface area contributed by atoms with Crippen LogP contribution in [0.25, 0.3) is 0 Å². The number of hydrogen-bond donors (Lipinski definition) is 1. The molecule has 1 aliphatic heterocycles. The van der Waals surface area contributed by atoms with Crippen LogP contribution < -0.4 is 5.73 Å². The molecule has 3 heteroatoms. The molecule has 0 aromatic rings. The molecule has 2 aliphatic rings. The van der Waals surface area contributed by atoms with Crippen LogP contribution in [0.3, 0.4) is 0 Å². The Hall–Kier alpha value is -0.120. The van der Waals surface area contributed by atoms with Gasteiger partial charge in [-0.15, -0.1) is 0 Å². The molecule has 0 spiro atoms. The van der Waals surface area contributed by atoms with Gasteiger partial charge in [0, 0.05) is 38.3 Å². The summed E-state index contributed by atoms with van der Waals surface area (Å²) >= 11 is 0. The third-order valence-corrected chi connectivity index (χ3v) is 4.61. The van der Waals surface area contributed by atoms with Gasteiger partial charge in [-0.3, -0.25) is 0 Å². The van der Waals surface area contributed by atoms with Crippen molar-refractivity contribution in [1.29, 1.82) is 0 Å². The van der Waals surface area contributed by atoms with Gasteiger partial charge >= 0.3 is 0 Å². The second-order valence-electron chi connectivity index (χ2n) is 6.86. The second-order valence-corrected chi connectivity index (χ2v) is 6.86. The minimum absolute atomic E-state index is 0.176. The smallest absolute Gasteiger partial charge is 0.0166 e. The van der Waals surface area contributed by atoms with Crippen molar-refractivity contribution < 1.29 is 0 Å². The van der Waals surface area contributed by atoms with E-state index in [4.69, 9.17) is 5.73 Å². The van der Waals surface area contributed by atoms with Gasteiger partial charge in [-0.25, -0.2) is 0 Å². The van der Waals surface area contributed by atoms with Crippen LogP contribution in [0.15, 0.2) is 0 Å². The van der Waals surface area contributed by atoms with Gasteiger partial charge in [0.1, 0.15) is 0 Å². The molecule has 0 atom stereocenters. The monoisotopic (exact) mass is 253 g/mol. The second kappa shape index (κ2) is 6.36. The summed E-state index contributed by atoms with van der Waals surface area (Å²) in [5.41, 5.74) is 6.61. The van der Waals surface area contributed by atoms with Crippen LogP contribution in [0, 0.1) is 5.92 Å². The fourth-order valence-corrected chi connectivity index (χ4v) is 3.42. The van der Waals surface area contributed by atoms with Crippen molar-refractivity contribution in [3.8, 4) is 0 Å². The van der Waals surface area contributed by atoms with Gasteiger partial charge in [-0.05, 0) is 31.7 Å². The van der Waals surface area contributed by atoms with E-state index in [1.165, 1.54) is 71.4 Å². The van der Waals surface area contributed by atoms with E-state index in [1.807, 2.05) is 0 Å². The lowest BCUT2D eigenvalue weighted by Gasteiger charge is -2.37. The number of nitrogens with two attached hydrogens (primary N) is 1. The zero-order chi connectivity index (χ0) is 13.0. The summed E-state index contributed by atoms with van der Waals surface area (Å²) in [6, 6.07) is 0. The Labute approximate surface area is 113 Å². The molecular weight excluding hydrogens is 222 g/mol. The Morgan fingerprint density at radius 1 is 1.00 bits per heavy atom. The summed E-state index contributed by atoms with van der Waals surface area (Å²) in [5.74, 6) is 0.794. The van der Waals surface area contributed by atoms with E-state index < -0.39 is 0 Å². The molecule has 1 aliphatic carbocycles. The van der Waals surface area contributed by atoms with Crippen molar-refractivity contribution in [2.75, 3.05) is 39.3 Å². The molecule has 0 radical (unpaired) electrons. The molecule has 1 saturated carbocycles. The molecule has 2 rings (SSSR count). The number of nitrogens with zero attached hydrogens (tertiary/aromatic N) is 2. The molecule has 106 valence electrons. The Morgan fingerprint density at radius 3 is 2.11 bits per heavy atom. The van der Waals surface area contributed by atoms with Gasteiger partial charge in [-0.2, -0.15) is 0 Å². The number of rotatable bonds is 5. The molecule has 2 N–H and O–H groups in total. The molecular formula is C15H31N3. The fraction of sp³-hybridized carbons (Fsp3) is 1.00. The quantitative estimate of drug-likeness (QED) is 0.812. The zero-order valence-electron chi connectivity index (χ0n) is 12.3. The first-order valence-electron chi connectivity index (χ1n) is 7.81. The van der Waals surface area contributed by atoms with Gasteiger partial charge < -0.3 is 15.5 Å². The lowest BCUT2D eigenvalue weighted by atomic mass is 9.94. The van der Waals surface area contributed by atoms with E-state index in [2.05, 4.69) is 23.6 Å². The van der Waals surface area contributed by atoms with Crippen molar-refractivity contribution in [2.24, 2.45) is 11.7 Å². The van der Waals surface area contributed by atoms with Gasteiger partial charge in [0.25, 0.3) is 0 Å². The van der Waals surface area contributed by atoms with E-state index in [-0.39, 0.29) is 5.54 Å². The van der Waals surface area contributed by atoms with Crippen LogP contribution in [0.5, 0.6) is 0 Å². The number of hydrogen-bond acceptors (Lipinski definition) is 3. The van der Waals surface area contributed by atoms with E-state index in [9.17, 15) is 0 Å². The first-order valence-corrected chi connectivity index (χ1v) is 7.81. The molecule has 1 heterocycles. The van der Waals surface area contributed by atoms with Crippen LogP contribution in [-0.2, 0) is 0 Å².